The maximum atomic E-state index is 13.5. The molecule has 1 N–H and O–H groups in total. The number of nitrogens with one attached hydrogen (secondary N) is 1. The Morgan fingerprint density at radius 1 is 1.40 bits per heavy atom. The Morgan fingerprint density at radius 2 is 2.05 bits per heavy atom. The molecule has 0 aliphatic carbocycles. The maximum absolute atomic E-state index is 13.5. The van der Waals surface area contributed by atoms with Gasteiger partial charge < -0.3 is 10.1 Å². The zero-order chi connectivity index (χ0) is 15.3. The number of hydrogen-bond donors (Lipinski definition) is 1. The SMILES string of the molecule is COC(=O)C(C)(C)NC(=O)/C=C/c1c(F)cccc1Cl. The third-order valence-electron chi connectivity index (χ3n) is 2.53. The van der Waals surface area contributed by atoms with E-state index in [9.17, 15) is 14.0 Å². The van der Waals surface area contributed by atoms with Crippen molar-refractivity contribution in [3.63, 3.8) is 0 Å². The van der Waals surface area contributed by atoms with Crippen LogP contribution in [0.25, 0.3) is 6.08 Å². The number of benzene rings is 1. The van der Waals surface area contributed by atoms with Gasteiger partial charge in [0, 0.05) is 11.6 Å². The van der Waals surface area contributed by atoms with E-state index in [0.29, 0.717) is 0 Å². The second-order valence-electron chi connectivity index (χ2n) is 4.57. The highest BCUT2D eigenvalue weighted by Crippen LogP contribution is 2.20. The van der Waals surface area contributed by atoms with E-state index in [4.69, 9.17) is 11.6 Å². The highest BCUT2D eigenvalue weighted by Gasteiger charge is 2.29. The Hall–Kier alpha value is -1.88. The van der Waals surface area contributed by atoms with E-state index >= 15 is 0 Å². The summed E-state index contributed by atoms with van der Waals surface area (Å²) in [7, 11) is 1.23. The predicted octanol–water partition coefficient (Wildman–Crippen LogP) is 2.56. The van der Waals surface area contributed by atoms with Crippen molar-refractivity contribution in [1.29, 1.82) is 0 Å². The monoisotopic (exact) mass is 299 g/mol. The van der Waals surface area contributed by atoms with E-state index in [-0.39, 0.29) is 10.6 Å². The standard InChI is InChI=1S/C14H15ClFNO3/c1-14(2,13(19)20-3)17-12(18)8-7-9-10(15)5-4-6-11(9)16/h4-8H,1-3H3,(H,17,18)/b8-7+. The molecule has 0 spiro atoms. The summed E-state index contributed by atoms with van der Waals surface area (Å²) < 4.78 is 18.0. The van der Waals surface area contributed by atoms with Gasteiger partial charge >= 0.3 is 5.97 Å². The molecule has 4 nitrogen and oxygen atoms in total. The number of methoxy groups -OCH3 is 1. The molecule has 108 valence electrons. The summed E-state index contributed by atoms with van der Waals surface area (Å²) >= 11 is 5.82. The largest absolute Gasteiger partial charge is 0.467 e. The molecule has 0 unspecified atom stereocenters. The molecule has 0 saturated carbocycles. The lowest BCUT2D eigenvalue weighted by Gasteiger charge is -2.22. The fraction of sp³-hybridized carbons (Fsp3) is 0.286. The first-order valence-corrected chi connectivity index (χ1v) is 6.18. The smallest absolute Gasteiger partial charge is 0.330 e. The zero-order valence-corrected chi connectivity index (χ0v) is 12.1. The van der Waals surface area contributed by atoms with Crippen LogP contribution >= 0.6 is 11.6 Å². The number of hydrogen-bond acceptors (Lipinski definition) is 3. The highest BCUT2D eigenvalue weighted by molar-refractivity contribution is 6.32. The van der Waals surface area contributed by atoms with Crippen LogP contribution < -0.4 is 5.32 Å². The minimum Gasteiger partial charge on any atom is -0.467 e. The van der Waals surface area contributed by atoms with Crippen molar-refractivity contribution >= 4 is 29.6 Å². The van der Waals surface area contributed by atoms with E-state index in [0.717, 1.165) is 6.08 Å². The van der Waals surface area contributed by atoms with E-state index in [2.05, 4.69) is 10.1 Å². The van der Waals surface area contributed by atoms with Crippen LogP contribution in [0, 0.1) is 5.82 Å². The second-order valence-corrected chi connectivity index (χ2v) is 4.98. The molecule has 0 saturated heterocycles. The third-order valence-corrected chi connectivity index (χ3v) is 2.86. The zero-order valence-electron chi connectivity index (χ0n) is 11.4. The number of ether oxygens (including phenoxy) is 1. The summed E-state index contributed by atoms with van der Waals surface area (Å²) in [6.07, 6.45) is 2.36. The Balaban J connectivity index is 2.81. The first kappa shape index (κ1) is 16.2. The molecule has 20 heavy (non-hydrogen) atoms. The van der Waals surface area contributed by atoms with E-state index in [1.54, 1.807) is 0 Å². The first-order valence-electron chi connectivity index (χ1n) is 5.80. The maximum Gasteiger partial charge on any atom is 0.330 e. The molecule has 1 aromatic rings. The molecular weight excluding hydrogens is 285 g/mol. The summed E-state index contributed by atoms with van der Waals surface area (Å²) in [4.78, 5) is 23.1. The molecule has 0 bridgehead atoms. The second kappa shape index (κ2) is 6.52. The van der Waals surface area contributed by atoms with E-state index in [1.165, 1.54) is 45.2 Å². The van der Waals surface area contributed by atoms with Gasteiger partial charge in [-0.1, -0.05) is 17.7 Å². The fourth-order valence-corrected chi connectivity index (χ4v) is 1.71. The van der Waals surface area contributed by atoms with Gasteiger partial charge in [-0.15, -0.1) is 0 Å². The molecule has 1 amide bonds. The van der Waals surface area contributed by atoms with E-state index in [1.807, 2.05) is 0 Å². The lowest BCUT2D eigenvalue weighted by Crippen LogP contribution is -2.49. The van der Waals surface area contributed by atoms with Crippen LogP contribution in [-0.4, -0.2) is 24.5 Å². The van der Waals surface area contributed by atoms with Gasteiger partial charge in [-0.3, -0.25) is 4.79 Å². The van der Waals surface area contributed by atoms with Crippen molar-refractivity contribution in [2.45, 2.75) is 19.4 Å². The quantitative estimate of drug-likeness (QED) is 0.687. The molecule has 0 aliphatic rings. The lowest BCUT2D eigenvalue weighted by molar-refractivity contribution is -0.148. The molecular formula is C14H15ClFNO3. The topological polar surface area (TPSA) is 55.4 Å². The number of rotatable bonds is 4. The van der Waals surface area contributed by atoms with Crippen LogP contribution in [0.3, 0.4) is 0 Å². The van der Waals surface area contributed by atoms with Crippen LogP contribution in [0.1, 0.15) is 19.4 Å². The molecule has 0 radical (unpaired) electrons. The summed E-state index contributed by atoms with van der Waals surface area (Å²) in [5.74, 6) is -1.67. The van der Waals surface area contributed by atoms with Gasteiger partial charge in [0.1, 0.15) is 11.4 Å². The van der Waals surface area contributed by atoms with Crippen molar-refractivity contribution in [3.05, 3.63) is 40.7 Å². The minimum atomic E-state index is -1.17. The molecule has 0 heterocycles. The van der Waals surface area contributed by atoms with Crippen molar-refractivity contribution in [2.75, 3.05) is 7.11 Å². The molecule has 0 aromatic heterocycles. The Morgan fingerprint density at radius 3 is 2.60 bits per heavy atom. The van der Waals surface area contributed by atoms with Crippen LogP contribution in [0.5, 0.6) is 0 Å². The summed E-state index contributed by atoms with van der Waals surface area (Å²) in [6.45, 7) is 3.00. The molecule has 0 aliphatic heterocycles. The van der Waals surface area contributed by atoms with Gasteiger partial charge in [-0.2, -0.15) is 0 Å². The number of esters is 1. The average molecular weight is 300 g/mol. The van der Waals surface area contributed by atoms with Crippen LogP contribution in [-0.2, 0) is 14.3 Å². The Labute approximate surface area is 121 Å². The lowest BCUT2D eigenvalue weighted by atomic mass is 10.1. The third kappa shape index (κ3) is 4.06. The first-order chi connectivity index (χ1) is 9.27. The van der Waals surface area contributed by atoms with Gasteiger partial charge in [0.25, 0.3) is 0 Å². The fourth-order valence-electron chi connectivity index (χ4n) is 1.48. The van der Waals surface area contributed by atoms with Gasteiger partial charge in [-0.05, 0) is 32.1 Å². The number of halogens is 2. The number of carbonyl (C=O) groups is 2. The molecule has 1 aromatic carbocycles. The van der Waals surface area contributed by atoms with Crippen LogP contribution in [0.2, 0.25) is 5.02 Å². The number of carbonyl (C=O) groups excluding carboxylic acids is 2. The molecule has 0 fully saturated rings. The highest BCUT2D eigenvalue weighted by atomic mass is 35.5. The van der Waals surface area contributed by atoms with Crippen molar-refractivity contribution in [3.8, 4) is 0 Å². The Kier molecular flexibility index (Phi) is 5.27. The molecule has 6 heteroatoms. The van der Waals surface area contributed by atoms with Crippen LogP contribution in [0.4, 0.5) is 4.39 Å². The number of amides is 1. The van der Waals surface area contributed by atoms with Crippen molar-refractivity contribution in [1.82, 2.24) is 5.32 Å². The summed E-state index contributed by atoms with van der Waals surface area (Å²) in [5, 5.41) is 2.65. The van der Waals surface area contributed by atoms with Gasteiger partial charge in [0.05, 0.1) is 12.1 Å². The summed E-state index contributed by atoms with van der Waals surface area (Å²) in [5.41, 5.74) is -1.06. The molecule has 0 atom stereocenters. The molecule has 1 rings (SSSR count). The average Bonchev–Trinajstić information content (AvgIpc) is 2.36. The van der Waals surface area contributed by atoms with Gasteiger partial charge in [-0.25, -0.2) is 9.18 Å². The van der Waals surface area contributed by atoms with Crippen molar-refractivity contribution < 1.29 is 18.7 Å². The van der Waals surface area contributed by atoms with Gasteiger partial charge in [0.2, 0.25) is 5.91 Å². The van der Waals surface area contributed by atoms with Gasteiger partial charge in [0.15, 0.2) is 0 Å². The summed E-state index contributed by atoms with van der Waals surface area (Å²) in [6, 6.07) is 4.22. The van der Waals surface area contributed by atoms with Crippen LogP contribution in [0.15, 0.2) is 24.3 Å². The van der Waals surface area contributed by atoms with E-state index < -0.39 is 23.2 Å². The van der Waals surface area contributed by atoms with Crippen molar-refractivity contribution in [2.24, 2.45) is 0 Å². The minimum absolute atomic E-state index is 0.111. The Bertz CT molecular complexity index is 535. The predicted molar refractivity (Wildman–Crippen MR) is 74.7 cm³/mol. The normalized spacial score (nSPS) is 11.4.